The molecule has 3 N–H and O–H groups in total. The van der Waals surface area contributed by atoms with E-state index < -0.39 is 23.4 Å². The van der Waals surface area contributed by atoms with Crippen LogP contribution in [-0.4, -0.2) is 45.8 Å². The number of anilines is 1. The molecule has 0 radical (unpaired) electrons. The Morgan fingerprint density at radius 2 is 1.95 bits per heavy atom. The fourth-order valence-electron chi connectivity index (χ4n) is 2.19. The summed E-state index contributed by atoms with van der Waals surface area (Å²) in [4.78, 5) is 24.6. The van der Waals surface area contributed by atoms with Crippen LogP contribution in [-0.2, 0) is 0 Å². The van der Waals surface area contributed by atoms with Crippen LogP contribution in [0.4, 0.5) is 14.9 Å². The molecule has 0 aliphatic carbocycles. The third-order valence-corrected chi connectivity index (χ3v) is 3.58. The molecule has 0 unspecified atom stereocenters. The lowest BCUT2D eigenvalue weighted by molar-refractivity contribution is 0.00570. The number of benzene rings is 1. The number of piperidine rings is 1. The van der Waals surface area contributed by atoms with E-state index >= 15 is 0 Å². The molecule has 0 atom stereocenters. The van der Waals surface area contributed by atoms with Crippen LogP contribution in [0, 0.1) is 5.82 Å². The number of urea groups is 1. The van der Waals surface area contributed by atoms with E-state index in [0.717, 1.165) is 18.2 Å². The summed E-state index contributed by atoms with van der Waals surface area (Å²) in [5.74, 6) is -1.87. The fourth-order valence-corrected chi connectivity index (χ4v) is 2.19. The standard InChI is InChI=1S/C14H17FN2O4/c1-14(21)4-6-17(7-5-14)13(20)16-11-8-9(15)2-3-10(11)12(18)19/h2-3,8,21H,4-7H2,1H3,(H,16,20)(H,18,19). The van der Waals surface area contributed by atoms with Gasteiger partial charge in [0.1, 0.15) is 5.82 Å². The Kier molecular flexibility index (Phi) is 4.13. The second-order valence-electron chi connectivity index (χ2n) is 5.41. The molecule has 0 bridgehead atoms. The van der Waals surface area contributed by atoms with Gasteiger partial charge in [-0.1, -0.05) is 0 Å². The normalized spacial score (nSPS) is 17.4. The second kappa shape index (κ2) is 5.69. The van der Waals surface area contributed by atoms with Crippen molar-refractivity contribution in [3.05, 3.63) is 29.6 Å². The summed E-state index contributed by atoms with van der Waals surface area (Å²) < 4.78 is 13.2. The summed E-state index contributed by atoms with van der Waals surface area (Å²) in [6.07, 6.45) is 0.880. The molecule has 1 saturated heterocycles. The smallest absolute Gasteiger partial charge is 0.337 e. The number of carboxylic acid groups (broad SMARTS) is 1. The molecule has 0 aromatic heterocycles. The van der Waals surface area contributed by atoms with Gasteiger partial charge in [0.2, 0.25) is 0 Å². The predicted molar refractivity (Wildman–Crippen MR) is 73.8 cm³/mol. The number of carbonyl (C=O) groups is 2. The molecule has 1 fully saturated rings. The number of carbonyl (C=O) groups excluding carboxylic acids is 1. The number of hydrogen-bond donors (Lipinski definition) is 3. The van der Waals surface area contributed by atoms with Crippen molar-refractivity contribution in [1.29, 1.82) is 0 Å². The minimum Gasteiger partial charge on any atom is -0.478 e. The largest absolute Gasteiger partial charge is 0.478 e. The Balaban J connectivity index is 2.10. The molecular formula is C14H17FN2O4. The molecule has 114 valence electrons. The van der Waals surface area contributed by atoms with Crippen molar-refractivity contribution in [2.24, 2.45) is 0 Å². The molecule has 1 heterocycles. The fraction of sp³-hybridized carbons (Fsp3) is 0.429. The van der Waals surface area contributed by atoms with Gasteiger partial charge in [0, 0.05) is 13.1 Å². The number of likely N-dealkylation sites (tertiary alicyclic amines) is 1. The van der Waals surface area contributed by atoms with E-state index in [1.54, 1.807) is 6.92 Å². The second-order valence-corrected chi connectivity index (χ2v) is 5.41. The first kappa shape index (κ1) is 15.2. The number of aromatic carboxylic acids is 1. The molecule has 1 aliphatic rings. The van der Waals surface area contributed by atoms with Crippen LogP contribution in [0.1, 0.15) is 30.1 Å². The summed E-state index contributed by atoms with van der Waals surface area (Å²) in [5.41, 5.74) is -1.04. The number of carboxylic acids is 1. The molecule has 1 aliphatic heterocycles. The topological polar surface area (TPSA) is 89.9 Å². The molecule has 0 spiro atoms. The van der Waals surface area contributed by atoms with Crippen LogP contribution in [0.2, 0.25) is 0 Å². The first-order valence-electron chi connectivity index (χ1n) is 6.60. The highest BCUT2D eigenvalue weighted by molar-refractivity contribution is 6.00. The average Bonchev–Trinajstić information content (AvgIpc) is 2.38. The number of nitrogens with zero attached hydrogens (tertiary/aromatic N) is 1. The molecule has 2 amide bonds. The molecule has 0 saturated carbocycles. The summed E-state index contributed by atoms with van der Waals surface area (Å²) in [5, 5.41) is 21.3. The van der Waals surface area contributed by atoms with Gasteiger partial charge in [0.05, 0.1) is 16.9 Å². The Morgan fingerprint density at radius 3 is 2.52 bits per heavy atom. The highest BCUT2D eigenvalue weighted by Crippen LogP contribution is 2.23. The maximum atomic E-state index is 13.2. The van der Waals surface area contributed by atoms with E-state index in [-0.39, 0.29) is 11.3 Å². The Morgan fingerprint density at radius 1 is 1.33 bits per heavy atom. The van der Waals surface area contributed by atoms with Crippen LogP contribution < -0.4 is 5.32 Å². The molecule has 7 heteroatoms. The van der Waals surface area contributed by atoms with Crippen molar-refractivity contribution < 1.29 is 24.2 Å². The number of nitrogens with one attached hydrogen (secondary N) is 1. The van der Waals surface area contributed by atoms with E-state index in [2.05, 4.69) is 5.32 Å². The number of aliphatic hydroxyl groups is 1. The molecule has 2 rings (SSSR count). The van der Waals surface area contributed by atoms with Crippen molar-refractivity contribution in [3.8, 4) is 0 Å². The van der Waals surface area contributed by atoms with E-state index in [4.69, 9.17) is 5.11 Å². The lowest BCUT2D eigenvalue weighted by Gasteiger charge is -2.35. The zero-order valence-corrected chi connectivity index (χ0v) is 11.6. The minimum absolute atomic E-state index is 0.0789. The van der Waals surface area contributed by atoms with Gasteiger partial charge >= 0.3 is 12.0 Å². The van der Waals surface area contributed by atoms with Gasteiger partial charge in [-0.2, -0.15) is 0 Å². The SMILES string of the molecule is CC1(O)CCN(C(=O)Nc2cc(F)ccc2C(=O)O)CC1. The first-order valence-corrected chi connectivity index (χ1v) is 6.60. The third kappa shape index (κ3) is 3.69. The zero-order chi connectivity index (χ0) is 15.6. The Labute approximate surface area is 121 Å². The van der Waals surface area contributed by atoms with Gasteiger partial charge in [-0.15, -0.1) is 0 Å². The van der Waals surface area contributed by atoms with Gasteiger partial charge in [-0.05, 0) is 38.0 Å². The molecular weight excluding hydrogens is 279 g/mol. The first-order chi connectivity index (χ1) is 9.78. The maximum absolute atomic E-state index is 13.2. The van der Waals surface area contributed by atoms with Gasteiger partial charge in [0.25, 0.3) is 0 Å². The number of halogens is 1. The van der Waals surface area contributed by atoms with Gasteiger partial charge in [-0.3, -0.25) is 0 Å². The van der Waals surface area contributed by atoms with Crippen molar-refractivity contribution >= 4 is 17.7 Å². The van der Waals surface area contributed by atoms with Crippen molar-refractivity contribution in [3.63, 3.8) is 0 Å². The molecule has 1 aromatic carbocycles. The zero-order valence-electron chi connectivity index (χ0n) is 11.6. The van der Waals surface area contributed by atoms with Gasteiger partial charge in [-0.25, -0.2) is 14.0 Å². The lowest BCUT2D eigenvalue weighted by atomic mass is 9.94. The maximum Gasteiger partial charge on any atom is 0.337 e. The van der Waals surface area contributed by atoms with Crippen molar-refractivity contribution in [2.45, 2.75) is 25.4 Å². The van der Waals surface area contributed by atoms with Crippen molar-refractivity contribution in [1.82, 2.24) is 4.90 Å². The van der Waals surface area contributed by atoms with Crippen LogP contribution in [0.15, 0.2) is 18.2 Å². The Hall–Kier alpha value is -2.15. The lowest BCUT2D eigenvalue weighted by Crippen LogP contribution is -2.46. The van der Waals surface area contributed by atoms with E-state index in [0.29, 0.717) is 25.9 Å². The Bertz CT molecular complexity index is 564. The molecule has 1 aromatic rings. The van der Waals surface area contributed by atoms with Crippen LogP contribution in [0.5, 0.6) is 0 Å². The van der Waals surface area contributed by atoms with Crippen molar-refractivity contribution in [2.75, 3.05) is 18.4 Å². The summed E-state index contributed by atoms with van der Waals surface area (Å²) in [7, 11) is 0. The monoisotopic (exact) mass is 296 g/mol. The summed E-state index contributed by atoms with van der Waals surface area (Å²) in [6.45, 7) is 2.42. The highest BCUT2D eigenvalue weighted by Gasteiger charge is 2.30. The number of amides is 2. The quantitative estimate of drug-likeness (QED) is 0.777. The third-order valence-electron chi connectivity index (χ3n) is 3.58. The highest BCUT2D eigenvalue weighted by atomic mass is 19.1. The van der Waals surface area contributed by atoms with Crippen LogP contribution >= 0.6 is 0 Å². The molecule has 21 heavy (non-hydrogen) atoms. The predicted octanol–water partition coefficient (Wildman–Crippen LogP) is 1.90. The summed E-state index contributed by atoms with van der Waals surface area (Å²) >= 11 is 0. The van der Waals surface area contributed by atoms with E-state index in [1.165, 1.54) is 4.90 Å². The van der Waals surface area contributed by atoms with Crippen LogP contribution in [0.25, 0.3) is 0 Å². The van der Waals surface area contributed by atoms with Crippen LogP contribution in [0.3, 0.4) is 0 Å². The van der Waals surface area contributed by atoms with Gasteiger partial charge in [0.15, 0.2) is 0 Å². The number of hydrogen-bond acceptors (Lipinski definition) is 3. The molecule has 6 nitrogen and oxygen atoms in total. The number of rotatable bonds is 2. The van der Waals surface area contributed by atoms with E-state index in [9.17, 15) is 19.1 Å². The summed E-state index contributed by atoms with van der Waals surface area (Å²) in [6, 6.07) is 2.60. The van der Waals surface area contributed by atoms with E-state index in [1.807, 2.05) is 0 Å². The average molecular weight is 296 g/mol. The van der Waals surface area contributed by atoms with Gasteiger partial charge < -0.3 is 20.4 Å². The minimum atomic E-state index is -1.24.